The molecule has 0 aromatic heterocycles. The Morgan fingerprint density at radius 2 is 2.29 bits per heavy atom. The van der Waals surface area contributed by atoms with Gasteiger partial charge in [-0.05, 0) is 17.7 Å². The van der Waals surface area contributed by atoms with Gasteiger partial charge < -0.3 is 16.7 Å². The lowest BCUT2D eigenvalue weighted by Crippen LogP contribution is -2.28. The molecular weight excluding hydrogens is 182 g/mol. The summed E-state index contributed by atoms with van der Waals surface area (Å²) in [7, 11) is 0. The van der Waals surface area contributed by atoms with Gasteiger partial charge in [0.2, 0.25) is 5.96 Å². The molecule has 0 unspecified atom stereocenters. The molecule has 74 valence electrons. The summed E-state index contributed by atoms with van der Waals surface area (Å²) in [5, 5.41) is 16.0. The molecule has 0 radical (unpaired) electrons. The van der Waals surface area contributed by atoms with Crippen LogP contribution < -0.4 is 17.0 Å². The molecule has 6 N–H and O–H groups in total. The van der Waals surface area contributed by atoms with Crippen molar-refractivity contribution in [1.29, 1.82) is 0 Å². The number of aromatic hydroxyl groups is 1. The van der Waals surface area contributed by atoms with Gasteiger partial charge in [-0.1, -0.05) is 12.1 Å². The second kappa shape index (κ2) is 4.70. The van der Waals surface area contributed by atoms with Gasteiger partial charge in [-0.25, -0.2) is 5.43 Å². The minimum Gasteiger partial charge on any atom is -0.508 e. The molecule has 0 saturated carbocycles. The highest BCUT2D eigenvalue weighted by atomic mass is 16.3. The van der Waals surface area contributed by atoms with E-state index in [9.17, 15) is 0 Å². The van der Waals surface area contributed by atoms with Crippen LogP contribution in [0.25, 0.3) is 0 Å². The van der Waals surface area contributed by atoms with Gasteiger partial charge in [0.15, 0.2) is 0 Å². The third-order valence-corrected chi connectivity index (χ3v) is 1.40. The Bertz CT molecular complexity index is 361. The molecule has 6 heteroatoms. The second-order valence-electron chi connectivity index (χ2n) is 2.48. The van der Waals surface area contributed by atoms with Gasteiger partial charge >= 0.3 is 0 Å². The van der Waals surface area contributed by atoms with Gasteiger partial charge in [-0.3, -0.25) is 0 Å². The Labute approximate surface area is 80.9 Å². The van der Waals surface area contributed by atoms with Crippen LogP contribution in [0.3, 0.4) is 0 Å². The van der Waals surface area contributed by atoms with E-state index in [1.165, 1.54) is 6.21 Å². The zero-order valence-electron chi connectivity index (χ0n) is 7.38. The van der Waals surface area contributed by atoms with Crippen molar-refractivity contribution in [3.63, 3.8) is 0 Å². The molecule has 0 atom stereocenters. The first-order valence-electron chi connectivity index (χ1n) is 3.84. The maximum absolute atomic E-state index is 9.12. The number of nitrogens with zero attached hydrogens (tertiary/aromatic N) is 2. The molecule has 0 amide bonds. The van der Waals surface area contributed by atoms with Gasteiger partial charge in [0.25, 0.3) is 0 Å². The molecule has 0 fully saturated rings. The summed E-state index contributed by atoms with van der Waals surface area (Å²) in [5.41, 5.74) is 8.35. The number of benzene rings is 1. The van der Waals surface area contributed by atoms with Crippen molar-refractivity contribution in [2.75, 3.05) is 0 Å². The SMILES string of the molecule is NN=C(N)NN=Cc1cccc(O)c1. The van der Waals surface area contributed by atoms with E-state index in [0.29, 0.717) is 0 Å². The van der Waals surface area contributed by atoms with Gasteiger partial charge in [-0.15, -0.1) is 5.10 Å². The van der Waals surface area contributed by atoms with E-state index in [-0.39, 0.29) is 11.7 Å². The van der Waals surface area contributed by atoms with Crippen molar-refractivity contribution in [2.45, 2.75) is 0 Å². The summed E-state index contributed by atoms with van der Waals surface area (Å²) in [6, 6.07) is 6.61. The first-order chi connectivity index (χ1) is 6.72. The number of hydrogen-bond acceptors (Lipinski definition) is 4. The normalized spacial score (nSPS) is 11.9. The van der Waals surface area contributed by atoms with Crippen molar-refractivity contribution in [2.24, 2.45) is 21.8 Å². The van der Waals surface area contributed by atoms with Crippen LogP contribution in [-0.2, 0) is 0 Å². The van der Waals surface area contributed by atoms with Crippen LogP contribution in [0.1, 0.15) is 5.56 Å². The number of phenolic OH excluding ortho intramolecular Hbond substituents is 1. The molecule has 6 nitrogen and oxygen atoms in total. The largest absolute Gasteiger partial charge is 0.508 e. The van der Waals surface area contributed by atoms with Crippen molar-refractivity contribution in [3.05, 3.63) is 29.8 Å². The van der Waals surface area contributed by atoms with Crippen LogP contribution >= 0.6 is 0 Å². The molecule has 1 aromatic carbocycles. The minimum absolute atomic E-state index is 0.0152. The zero-order valence-corrected chi connectivity index (χ0v) is 7.38. The van der Waals surface area contributed by atoms with Crippen molar-refractivity contribution < 1.29 is 5.11 Å². The number of nitrogens with one attached hydrogen (secondary N) is 1. The zero-order chi connectivity index (χ0) is 10.4. The Balaban J connectivity index is 2.60. The van der Waals surface area contributed by atoms with Crippen molar-refractivity contribution in [1.82, 2.24) is 5.43 Å². The predicted octanol–water partition coefficient (Wildman–Crippen LogP) is -0.496. The van der Waals surface area contributed by atoms with E-state index in [2.05, 4.69) is 15.6 Å². The summed E-state index contributed by atoms with van der Waals surface area (Å²) in [6.07, 6.45) is 1.48. The third-order valence-electron chi connectivity index (χ3n) is 1.40. The molecule has 0 heterocycles. The molecule has 14 heavy (non-hydrogen) atoms. The topological polar surface area (TPSA) is 109 Å². The lowest BCUT2D eigenvalue weighted by atomic mass is 10.2. The summed E-state index contributed by atoms with van der Waals surface area (Å²) >= 11 is 0. The average Bonchev–Trinajstić information content (AvgIpc) is 2.17. The molecule has 0 aliphatic carbocycles. The first-order valence-corrected chi connectivity index (χ1v) is 3.84. The maximum atomic E-state index is 9.12. The highest BCUT2D eigenvalue weighted by Crippen LogP contribution is 2.08. The second-order valence-corrected chi connectivity index (χ2v) is 2.48. The number of hydrazone groups is 2. The quantitative estimate of drug-likeness (QED) is 0.220. The monoisotopic (exact) mass is 193 g/mol. The third kappa shape index (κ3) is 3.02. The van der Waals surface area contributed by atoms with Crippen LogP contribution in [0, 0.1) is 0 Å². The molecule has 1 rings (SSSR count). The smallest absolute Gasteiger partial charge is 0.231 e. The number of rotatable bonds is 2. The van der Waals surface area contributed by atoms with E-state index in [4.69, 9.17) is 16.7 Å². The highest BCUT2D eigenvalue weighted by Gasteiger charge is 1.89. The van der Waals surface area contributed by atoms with Crippen LogP contribution in [-0.4, -0.2) is 17.3 Å². The first kappa shape index (κ1) is 9.85. The van der Waals surface area contributed by atoms with Gasteiger partial charge in [-0.2, -0.15) is 5.10 Å². The molecule has 0 bridgehead atoms. The maximum Gasteiger partial charge on any atom is 0.231 e. The molecular formula is C8H11N5O. The molecule has 0 aliphatic heterocycles. The van der Waals surface area contributed by atoms with Crippen LogP contribution in [0.15, 0.2) is 34.5 Å². The summed E-state index contributed by atoms with van der Waals surface area (Å²) in [4.78, 5) is 0. The number of hydrogen-bond donors (Lipinski definition) is 4. The van der Waals surface area contributed by atoms with Crippen LogP contribution in [0.5, 0.6) is 5.75 Å². The standard InChI is InChI=1S/C8H11N5O/c9-8(12-10)13-11-5-6-2-1-3-7(14)4-6/h1-5,14H,10H2,(H3,9,12,13). The van der Waals surface area contributed by atoms with E-state index in [1.54, 1.807) is 24.3 Å². The molecule has 0 saturated heterocycles. The Morgan fingerprint density at radius 1 is 1.50 bits per heavy atom. The minimum atomic E-state index is 0.0152. The lowest BCUT2D eigenvalue weighted by molar-refractivity contribution is 0.475. The van der Waals surface area contributed by atoms with E-state index < -0.39 is 0 Å². The fraction of sp³-hybridized carbons (Fsp3) is 0. The summed E-state index contributed by atoms with van der Waals surface area (Å²) < 4.78 is 0. The van der Waals surface area contributed by atoms with Crippen LogP contribution in [0.4, 0.5) is 0 Å². The number of guanidine groups is 1. The fourth-order valence-corrected chi connectivity index (χ4v) is 0.807. The highest BCUT2D eigenvalue weighted by molar-refractivity contribution is 5.83. The summed E-state index contributed by atoms with van der Waals surface area (Å²) in [5.74, 6) is 5.05. The van der Waals surface area contributed by atoms with Crippen LogP contribution in [0.2, 0.25) is 0 Å². The van der Waals surface area contributed by atoms with Crippen molar-refractivity contribution in [3.8, 4) is 5.75 Å². The van der Waals surface area contributed by atoms with E-state index in [1.807, 2.05) is 0 Å². The molecule has 0 aliphatic rings. The van der Waals surface area contributed by atoms with Crippen molar-refractivity contribution >= 4 is 12.2 Å². The lowest BCUT2D eigenvalue weighted by Gasteiger charge is -1.96. The van der Waals surface area contributed by atoms with E-state index >= 15 is 0 Å². The predicted molar refractivity (Wildman–Crippen MR) is 54.6 cm³/mol. The fourth-order valence-electron chi connectivity index (χ4n) is 0.807. The van der Waals surface area contributed by atoms with Gasteiger partial charge in [0.1, 0.15) is 5.75 Å². The average molecular weight is 193 g/mol. The number of nitrogens with two attached hydrogens (primary N) is 2. The molecule has 0 spiro atoms. The van der Waals surface area contributed by atoms with Gasteiger partial charge in [0, 0.05) is 0 Å². The number of phenols is 1. The Morgan fingerprint density at radius 3 is 2.93 bits per heavy atom. The molecule has 1 aromatic rings. The Kier molecular flexibility index (Phi) is 3.31. The Hall–Kier alpha value is -2.24. The van der Waals surface area contributed by atoms with Gasteiger partial charge in [0.05, 0.1) is 6.21 Å². The summed E-state index contributed by atoms with van der Waals surface area (Å²) in [6.45, 7) is 0. The van der Waals surface area contributed by atoms with E-state index in [0.717, 1.165) is 5.56 Å².